The maximum absolute atomic E-state index is 13.1. The largest absolute Gasteiger partial charge is 0.368 e. The molecule has 2 amide bonds. The quantitative estimate of drug-likeness (QED) is 0.298. The van der Waals surface area contributed by atoms with Crippen LogP contribution in [0.5, 0.6) is 0 Å². The number of benzene rings is 1. The predicted octanol–water partition coefficient (Wildman–Crippen LogP) is 4.53. The summed E-state index contributed by atoms with van der Waals surface area (Å²) in [5, 5.41) is 7.83. The predicted molar refractivity (Wildman–Crippen MR) is 170 cm³/mol. The van der Waals surface area contributed by atoms with Gasteiger partial charge in [-0.05, 0) is 55.1 Å². The fraction of sp³-hybridized carbons (Fsp3) is 0.312. The zero-order valence-corrected chi connectivity index (χ0v) is 25.1. The summed E-state index contributed by atoms with van der Waals surface area (Å²) in [4.78, 5) is 42.1. The summed E-state index contributed by atoms with van der Waals surface area (Å²) in [5.74, 6) is 0.753. The Labute approximate surface area is 253 Å². The van der Waals surface area contributed by atoms with Gasteiger partial charge < -0.3 is 24.8 Å². The normalized spacial score (nSPS) is 19.7. The van der Waals surface area contributed by atoms with E-state index in [2.05, 4.69) is 48.7 Å². The second kappa shape index (κ2) is 11.3. The standard InChI is InChI=1S/C32H34N8O2S/c1-37-14-15-38(2)32(42)29(37)22-9-10-28(34-18-22)36-25-17-24(20-40-13-11-33-30(25)40)39-12-5-7-23(19-39)35-31(41)27-16-21-6-3-4-8-26(21)43-27/h3-4,6,8-11,13,16-18,20,23,29H,5,7,12,14-15,19H2,1-2H3,(H,34,36)(H,35,41)/t23?,29-/m1/s1. The Balaban J connectivity index is 1.08. The molecule has 1 aromatic carbocycles. The number of likely N-dealkylation sites (N-methyl/N-ethyl adjacent to an activating group) is 2. The molecule has 220 valence electrons. The highest BCUT2D eigenvalue weighted by Gasteiger charge is 2.32. The first-order valence-electron chi connectivity index (χ1n) is 14.6. The van der Waals surface area contributed by atoms with Crippen molar-refractivity contribution in [1.82, 2.24) is 29.5 Å². The highest BCUT2D eigenvalue weighted by Crippen LogP contribution is 2.30. The van der Waals surface area contributed by atoms with Gasteiger partial charge >= 0.3 is 0 Å². The SMILES string of the molecule is CN1CCN(C)[C@H](c2ccc(Nc3cc(N4CCCC(NC(=O)c5cc6ccccc6s5)C4)cn4ccnc34)nc2)C1=O. The van der Waals surface area contributed by atoms with Crippen LogP contribution in [0.2, 0.25) is 0 Å². The van der Waals surface area contributed by atoms with Crippen LogP contribution in [0.25, 0.3) is 15.7 Å². The summed E-state index contributed by atoms with van der Waals surface area (Å²) < 4.78 is 3.13. The Kier molecular flexibility index (Phi) is 7.20. The highest BCUT2D eigenvalue weighted by atomic mass is 32.1. The lowest BCUT2D eigenvalue weighted by molar-refractivity contribution is -0.139. The minimum atomic E-state index is -0.325. The van der Waals surface area contributed by atoms with E-state index in [0.717, 1.165) is 76.6 Å². The number of pyridine rings is 2. The molecule has 1 unspecified atom stereocenters. The first kappa shape index (κ1) is 27.4. The molecule has 6 heterocycles. The number of carbonyl (C=O) groups excluding carboxylic acids is 2. The zero-order chi connectivity index (χ0) is 29.5. The number of anilines is 3. The summed E-state index contributed by atoms with van der Waals surface area (Å²) in [6, 6.07) is 15.8. The van der Waals surface area contributed by atoms with Gasteiger partial charge in [-0.15, -0.1) is 11.3 Å². The minimum absolute atomic E-state index is 0.0113. The van der Waals surface area contributed by atoms with Crippen molar-refractivity contribution in [2.75, 3.05) is 50.5 Å². The van der Waals surface area contributed by atoms with Crippen molar-refractivity contribution in [2.24, 2.45) is 0 Å². The van der Waals surface area contributed by atoms with Gasteiger partial charge in [0.05, 0.1) is 16.3 Å². The third kappa shape index (κ3) is 5.41. The molecule has 2 aliphatic heterocycles. The van der Waals surface area contributed by atoms with E-state index in [1.54, 1.807) is 17.3 Å². The van der Waals surface area contributed by atoms with Crippen LogP contribution >= 0.6 is 11.3 Å². The fourth-order valence-corrected chi connectivity index (χ4v) is 7.05. The Bertz CT molecular complexity index is 1770. The molecular weight excluding hydrogens is 560 g/mol. The second-order valence-corrected chi connectivity index (χ2v) is 12.5. The van der Waals surface area contributed by atoms with E-state index in [-0.39, 0.29) is 23.9 Å². The fourth-order valence-electron chi connectivity index (χ4n) is 6.08. The number of nitrogens with one attached hydrogen (secondary N) is 2. The maximum atomic E-state index is 13.1. The topological polar surface area (TPSA) is 98.1 Å². The second-order valence-electron chi connectivity index (χ2n) is 11.4. The lowest BCUT2D eigenvalue weighted by Crippen LogP contribution is -2.49. The molecule has 0 aliphatic carbocycles. The molecule has 2 atom stereocenters. The van der Waals surface area contributed by atoms with Crippen molar-refractivity contribution in [3.05, 3.63) is 83.8 Å². The molecule has 11 heteroatoms. The van der Waals surface area contributed by atoms with Gasteiger partial charge in [-0.2, -0.15) is 0 Å². The molecule has 0 spiro atoms. The van der Waals surface area contributed by atoms with Crippen LogP contribution in [-0.4, -0.2) is 82.3 Å². The number of piperazine rings is 1. The van der Waals surface area contributed by atoms with Gasteiger partial charge in [0.15, 0.2) is 5.65 Å². The van der Waals surface area contributed by atoms with E-state index in [9.17, 15) is 9.59 Å². The van der Waals surface area contributed by atoms with Crippen molar-refractivity contribution in [2.45, 2.75) is 24.9 Å². The van der Waals surface area contributed by atoms with E-state index in [4.69, 9.17) is 0 Å². The summed E-state index contributed by atoms with van der Waals surface area (Å²) >= 11 is 1.53. The van der Waals surface area contributed by atoms with Crippen molar-refractivity contribution in [3.63, 3.8) is 0 Å². The molecule has 10 nitrogen and oxygen atoms in total. The summed E-state index contributed by atoms with van der Waals surface area (Å²) in [6.07, 6.45) is 9.51. The van der Waals surface area contributed by atoms with Crippen LogP contribution in [0, 0.1) is 0 Å². The van der Waals surface area contributed by atoms with E-state index >= 15 is 0 Å². The number of imidazole rings is 1. The first-order chi connectivity index (χ1) is 20.9. The Morgan fingerprint density at radius 1 is 1.05 bits per heavy atom. The lowest BCUT2D eigenvalue weighted by atomic mass is 10.0. The van der Waals surface area contributed by atoms with E-state index in [0.29, 0.717) is 5.82 Å². The molecule has 0 bridgehead atoms. The van der Waals surface area contributed by atoms with Gasteiger partial charge in [0.25, 0.3) is 5.91 Å². The molecule has 2 fully saturated rings. The first-order valence-corrected chi connectivity index (χ1v) is 15.4. The van der Waals surface area contributed by atoms with Gasteiger partial charge in [0.2, 0.25) is 5.91 Å². The zero-order valence-electron chi connectivity index (χ0n) is 24.2. The van der Waals surface area contributed by atoms with Crippen LogP contribution < -0.4 is 15.5 Å². The number of aromatic nitrogens is 3. The van der Waals surface area contributed by atoms with Gasteiger partial charge in [-0.3, -0.25) is 14.5 Å². The average Bonchev–Trinajstić information content (AvgIpc) is 3.68. The Morgan fingerprint density at radius 2 is 1.93 bits per heavy atom. The molecular formula is C32H34N8O2S. The number of hydrogen-bond donors (Lipinski definition) is 2. The van der Waals surface area contributed by atoms with Crippen molar-refractivity contribution >= 4 is 56.1 Å². The van der Waals surface area contributed by atoms with Crippen molar-refractivity contribution in [1.29, 1.82) is 0 Å². The lowest BCUT2D eigenvalue weighted by Gasteiger charge is -2.36. The van der Waals surface area contributed by atoms with E-state index in [1.165, 1.54) is 11.3 Å². The van der Waals surface area contributed by atoms with Crippen molar-refractivity contribution < 1.29 is 9.59 Å². The molecule has 0 saturated carbocycles. The van der Waals surface area contributed by atoms with E-state index < -0.39 is 0 Å². The Hall–Kier alpha value is -4.48. The van der Waals surface area contributed by atoms with Gasteiger partial charge in [-0.25, -0.2) is 9.97 Å². The van der Waals surface area contributed by atoms with Gasteiger partial charge in [0, 0.05) is 68.8 Å². The van der Waals surface area contributed by atoms with Gasteiger partial charge in [-0.1, -0.05) is 24.3 Å². The van der Waals surface area contributed by atoms with Crippen LogP contribution in [-0.2, 0) is 4.79 Å². The number of hydrogen-bond acceptors (Lipinski definition) is 8. The molecule has 43 heavy (non-hydrogen) atoms. The number of thiophene rings is 1. The number of fused-ring (bicyclic) bond motifs is 2. The van der Waals surface area contributed by atoms with Crippen LogP contribution in [0.1, 0.15) is 34.1 Å². The third-order valence-corrected chi connectivity index (χ3v) is 9.56. The summed E-state index contributed by atoms with van der Waals surface area (Å²) in [5.41, 5.74) is 3.55. The van der Waals surface area contributed by atoms with E-state index in [1.807, 2.05) is 61.1 Å². The smallest absolute Gasteiger partial charge is 0.261 e. The molecule has 5 aromatic rings. The molecule has 2 aliphatic rings. The highest BCUT2D eigenvalue weighted by molar-refractivity contribution is 7.20. The molecule has 4 aromatic heterocycles. The molecule has 0 radical (unpaired) electrons. The maximum Gasteiger partial charge on any atom is 0.261 e. The number of carbonyl (C=O) groups is 2. The number of amides is 2. The Morgan fingerprint density at radius 3 is 2.77 bits per heavy atom. The van der Waals surface area contributed by atoms with Crippen molar-refractivity contribution in [3.8, 4) is 0 Å². The van der Waals surface area contributed by atoms with Crippen LogP contribution in [0.4, 0.5) is 17.2 Å². The van der Waals surface area contributed by atoms with Crippen LogP contribution in [0.3, 0.4) is 0 Å². The molecule has 2 N–H and O–H groups in total. The monoisotopic (exact) mass is 594 g/mol. The average molecular weight is 595 g/mol. The minimum Gasteiger partial charge on any atom is -0.368 e. The summed E-state index contributed by atoms with van der Waals surface area (Å²) in [6.45, 7) is 3.18. The summed E-state index contributed by atoms with van der Waals surface area (Å²) in [7, 11) is 3.82. The molecule has 7 rings (SSSR count). The van der Waals surface area contributed by atoms with Gasteiger partial charge in [0.1, 0.15) is 11.9 Å². The number of piperidine rings is 1. The van der Waals surface area contributed by atoms with Crippen LogP contribution in [0.15, 0.2) is 73.3 Å². The third-order valence-electron chi connectivity index (χ3n) is 8.45. The number of rotatable bonds is 6. The number of nitrogens with zero attached hydrogens (tertiary/aromatic N) is 6. The molecule has 2 saturated heterocycles.